The Morgan fingerprint density at radius 3 is 2.67 bits per heavy atom. The molecule has 0 saturated heterocycles. The Morgan fingerprint density at radius 1 is 1.47 bits per heavy atom. The van der Waals surface area contributed by atoms with E-state index >= 15 is 0 Å². The van der Waals surface area contributed by atoms with Crippen LogP contribution in [0.15, 0.2) is 9.98 Å². The highest BCUT2D eigenvalue weighted by Crippen LogP contribution is 2.36. The Hall–Kier alpha value is -0.0900. The van der Waals surface area contributed by atoms with Crippen LogP contribution in [0.2, 0.25) is 0 Å². The SMILES string of the molecule is CC1(C)CCC(Nc2nc(Br)cs2)CC1. The van der Waals surface area contributed by atoms with E-state index in [0.717, 1.165) is 9.73 Å². The molecule has 0 bridgehead atoms. The molecule has 0 atom stereocenters. The lowest BCUT2D eigenvalue weighted by Gasteiger charge is -2.34. The molecule has 1 saturated carbocycles. The van der Waals surface area contributed by atoms with Gasteiger partial charge in [-0.1, -0.05) is 13.8 Å². The summed E-state index contributed by atoms with van der Waals surface area (Å²) in [6.07, 6.45) is 5.17. The molecule has 0 amide bonds. The largest absolute Gasteiger partial charge is 0.359 e. The molecule has 0 aliphatic heterocycles. The van der Waals surface area contributed by atoms with Crippen LogP contribution in [0.3, 0.4) is 0 Å². The first kappa shape index (κ1) is 11.4. The van der Waals surface area contributed by atoms with Crippen LogP contribution in [-0.2, 0) is 0 Å². The quantitative estimate of drug-likeness (QED) is 0.878. The lowest BCUT2D eigenvalue weighted by Crippen LogP contribution is -2.29. The molecule has 2 nitrogen and oxygen atoms in total. The number of hydrogen-bond donors (Lipinski definition) is 1. The first-order valence-corrected chi connectivity index (χ1v) is 7.10. The molecule has 0 aromatic carbocycles. The third-order valence-corrected chi connectivity index (χ3v) is 4.63. The van der Waals surface area contributed by atoms with Crippen molar-refractivity contribution < 1.29 is 0 Å². The Kier molecular flexibility index (Phi) is 3.36. The van der Waals surface area contributed by atoms with Crippen molar-refractivity contribution >= 4 is 32.4 Å². The van der Waals surface area contributed by atoms with Gasteiger partial charge in [0.1, 0.15) is 4.60 Å². The second-order valence-electron chi connectivity index (χ2n) is 5.06. The standard InChI is InChI=1S/C11H17BrN2S/c1-11(2)5-3-8(4-6-11)13-10-14-9(12)7-15-10/h7-8H,3-6H2,1-2H3,(H,13,14). The first-order valence-electron chi connectivity index (χ1n) is 5.43. The molecule has 15 heavy (non-hydrogen) atoms. The molecule has 1 aliphatic carbocycles. The van der Waals surface area contributed by atoms with Crippen molar-refractivity contribution in [2.24, 2.45) is 5.41 Å². The summed E-state index contributed by atoms with van der Waals surface area (Å²) in [4.78, 5) is 4.37. The van der Waals surface area contributed by atoms with Gasteiger partial charge in [-0.15, -0.1) is 11.3 Å². The monoisotopic (exact) mass is 288 g/mol. The molecule has 0 radical (unpaired) electrons. The fraction of sp³-hybridized carbons (Fsp3) is 0.727. The molecular weight excluding hydrogens is 272 g/mol. The maximum atomic E-state index is 4.37. The van der Waals surface area contributed by atoms with Crippen molar-refractivity contribution in [1.29, 1.82) is 0 Å². The topological polar surface area (TPSA) is 24.9 Å². The molecule has 2 rings (SSSR count). The predicted octanol–water partition coefficient (Wildman–Crippen LogP) is 4.29. The number of anilines is 1. The fourth-order valence-electron chi connectivity index (χ4n) is 2.04. The molecule has 1 aromatic rings. The van der Waals surface area contributed by atoms with E-state index in [4.69, 9.17) is 0 Å². The van der Waals surface area contributed by atoms with Crippen molar-refractivity contribution in [3.8, 4) is 0 Å². The molecule has 0 spiro atoms. The lowest BCUT2D eigenvalue weighted by atomic mass is 9.76. The number of thiazole rings is 1. The summed E-state index contributed by atoms with van der Waals surface area (Å²) < 4.78 is 0.936. The summed E-state index contributed by atoms with van der Waals surface area (Å²) in [6.45, 7) is 4.73. The van der Waals surface area contributed by atoms with Gasteiger partial charge in [0.2, 0.25) is 0 Å². The third-order valence-electron chi connectivity index (χ3n) is 3.14. The summed E-state index contributed by atoms with van der Waals surface area (Å²) in [5.41, 5.74) is 0.543. The summed E-state index contributed by atoms with van der Waals surface area (Å²) in [6, 6.07) is 0.621. The van der Waals surface area contributed by atoms with Gasteiger partial charge < -0.3 is 5.32 Å². The van der Waals surface area contributed by atoms with Crippen molar-refractivity contribution in [3.05, 3.63) is 9.98 Å². The van der Waals surface area contributed by atoms with Crippen molar-refractivity contribution in [1.82, 2.24) is 4.98 Å². The molecule has 1 fully saturated rings. The highest BCUT2D eigenvalue weighted by Gasteiger charge is 2.26. The predicted molar refractivity (Wildman–Crippen MR) is 69.5 cm³/mol. The van der Waals surface area contributed by atoms with Crippen LogP contribution in [-0.4, -0.2) is 11.0 Å². The van der Waals surface area contributed by atoms with Crippen molar-refractivity contribution in [2.75, 3.05) is 5.32 Å². The van der Waals surface area contributed by atoms with Crippen LogP contribution in [0.5, 0.6) is 0 Å². The summed E-state index contributed by atoms with van der Waals surface area (Å²) in [5, 5.41) is 6.59. The van der Waals surface area contributed by atoms with Gasteiger partial charge in [-0.3, -0.25) is 0 Å². The lowest BCUT2D eigenvalue weighted by molar-refractivity contribution is 0.232. The molecule has 1 heterocycles. The number of rotatable bonds is 2. The maximum absolute atomic E-state index is 4.37. The highest BCUT2D eigenvalue weighted by atomic mass is 79.9. The molecule has 1 aromatic heterocycles. The molecule has 84 valence electrons. The number of nitrogens with zero attached hydrogens (tertiary/aromatic N) is 1. The van der Waals surface area contributed by atoms with E-state index in [9.17, 15) is 0 Å². The molecule has 1 aliphatic rings. The van der Waals surface area contributed by atoms with Crippen LogP contribution in [0.1, 0.15) is 39.5 Å². The minimum Gasteiger partial charge on any atom is -0.359 e. The van der Waals surface area contributed by atoms with Gasteiger partial charge in [0.25, 0.3) is 0 Å². The van der Waals surface area contributed by atoms with Crippen LogP contribution >= 0.6 is 27.3 Å². The van der Waals surface area contributed by atoms with Gasteiger partial charge in [-0.25, -0.2) is 4.98 Å². The van der Waals surface area contributed by atoms with Crippen LogP contribution in [0.4, 0.5) is 5.13 Å². The van der Waals surface area contributed by atoms with E-state index in [1.807, 2.05) is 5.38 Å². The molecular formula is C11H17BrN2S. The van der Waals surface area contributed by atoms with Gasteiger partial charge in [-0.2, -0.15) is 0 Å². The highest BCUT2D eigenvalue weighted by molar-refractivity contribution is 9.10. The zero-order valence-electron chi connectivity index (χ0n) is 9.22. The van der Waals surface area contributed by atoms with E-state index in [2.05, 4.69) is 40.1 Å². The average Bonchev–Trinajstić information content (AvgIpc) is 2.55. The van der Waals surface area contributed by atoms with E-state index in [1.54, 1.807) is 11.3 Å². The fourth-order valence-corrected chi connectivity index (χ4v) is 3.26. The van der Waals surface area contributed by atoms with Crippen molar-refractivity contribution in [3.63, 3.8) is 0 Å². The molecule has 4 heteroatoms. The number of hydrogen-bond acceptors (Lipinski definition) is 3. The van der Waals surface area contributed by atoms with E-state index in [0.29, 0.717) is 11.5 Å². The number of nitrogens with one attached hydrogen (secondary N) is 1. The van der Waals surface area contributed by atoms with Gasteiger partial charge in [0, 0.05) is 11.4 Å². The van der Waals surface area contributed by atoms with E-state index in [1.165, 1.54) is 25.7 Å². The van der Waals surface area contributed by atoms with E-state index < -0.39 is 0 Å². The second kappa shape index (κ2) is 4.42. The number of halogens is 1. The number of aromatic nitrogens is 1. The van der Waals surface area contributed by atoms with Crippen LogP contribution in [0, 0.1) is 5.41 Å². The first-order chi connectivity index (χ1) is 7.05. The zero-order chi connectivity index (χ0) is 10.9. The Morgan fingerprint density at radius 2 is 2.13 bits per heavy atom. The Bertz CT molecular complexity index is 325. The van der Waals surface area contributed by atoms with Gasteiger partial charge >= 0.3 is 0 Å². The minimum atomic E-state index is 0.543. The Balaban J connectivity index is 1.87. The minimum absolute atomic E-state index is 0.543. The summed E-state index contributed by atoms with van der Waals surface area (Å²) in [5.74, 6) is 0. The second-order valence-corrected chi connectivity index (χ2v) is 6.73. The zero-order valence-corrected chi connectivity index (χ0v) is 11.6. The van der Waals surface area contributed by atoms with Gasteiger partial charge in [-0.05, 0) is 47.0 Å². The van der Waals surface area contributed by atoms with Gasteiger partial charge in [0.15, 0.2) is 5.13 Å². The molecule has 0 unspecified atom stereocenters. The normalized spacial score (nSPS) is 21.5. The van der Waals surface area contributed by atoms with Gasteiger partial charge in [0.05, 0.1) is 0 Å². The van der Waals surface area contributed by atoms with E-state index in [-0.39, 0.29) is 0 Å². The van der Waals surface area contributed by atoms with Crippen LogP contribution in [0.25, 0.3) is 0 Å². The smallest absolute Gasteiger partial charge is 0.183 e. The Labute approximate surface area is 104 Å². The summed E-state index contributed by atoms with van der Waals surface area (Å²) >= 11 is 5.05. The molecule has 1 N–H and O–H groups in total. The van der Waals surface area contributed by atoms with Crippen LogP contribution < -0.4 is 5.32 Å². The maximum Gasteiger partial charge on any atom is 0.183 e. The third kappa shape index (κ3) is 3.18. The van der Waals surface area contributed by atoms with Crippen molar-refractivity contribution in [2.45, 2.75) is 45.6 Å². The summed E-state index contributed by atoms with van der Waals surface area (Å²) in [7, 11) is 0. The average molecular weight is 289 g/mol.